The zero-order valence-corrected chi connectivity index (χ0v) is 13.3. The van der Waals surface area contributed by atoms with Gasteiger partial charge in [-0.2, -0.15) is 4.31 Å². The fraction of sp³-hybridized carbons (Fsp3) is 0.625. The number of piperidine rings is 1. The minimum Gasteiger partial charge on any atom is -0.303 e. The number of sulfonamides is 1. The molecule has 1 aromatic rings. The molecule has 0 aromatic heterocycles. The van der Waals surface area contributed by atoms with E-state index in [9.17, 15) is 8.42 Å². The predicted octanol–water partition coefficient (Wildman–Crippen LogP) is 2.18. The van der Waals surface area contributed by atoms with E-state index in [1.807, 2.05) is 6.07 Å². The molecule has 21 heavy (non-hydrogen) atoms. The maximum absolute atomic E-state index is 12.6. The third kappa shape index (κ3) is 3.47. The summed E-state index contributed by atoms with van der Waals surface area (Å²) in [7, 11) is -3.29. The van der Waals surface area contributed by atoms with E-state index in [-0.39, 0.29) is 0 Å². The molecule has 2 saturated heterocycles. The van der Waals surface area contributed by atoms with Gasteiger partial charge in [-0.3, -0.25) is 0 Å². The zero-order chi connectivity index (χ0) is 14.7. The molecule has 2 fully saturated rings. The first-order chi connectivity index (χ1) is 10.2. The van der Waals surface area contributed by atoms with Crippen molar-refractivity contribution in [2.45, 2.75) is 30.6 Å². The third-order valence-electron chi connectivity index (χ3n) is 4.67. The summed E-state index contributed by atoms with van der Waals surface area (Å²) in [4.78, 5) is 2.95. The lowest BCUT2D eigenvalue weighted by atomic mass is 9.98. The summed E-state index contributed by atoms with van der Waals surface area (Å²) < 4.78 is 26.8. The van der Waals surface area contributed by atoms with Gasteiger partial charge < -0.3 is 4.90 Å². The third-order valence-corrected chi connectivity index (χ3v) is 6.58. The molecule has 0 unspecified atom stereocenters. The molecular formula is C16H24N2O2S. The topological polar surface area (TPSA) is 40.6 Å². The van der Waals surface area contributed by atoms with Crippen molar-refractivity contribution in [3.63, 3.8) is 0 Å². The van der Waals surface area contributed by atoms with Gasteiger partial charge in [0, 0.05) is 19.6 Å². The van der Waals surface area contributed by atoms with Crippen LogP contribution in [0.2, 0.25) is 0 Å². The van der Waals surface area contributed by atoms with E-state index in [1.54, 1.807) is 28.6 Å². The number of hydrogen-bond acceptors (Lipinski definition) is 3. The van der Waals surface area contributed by atoms with Crippen LogP contribution in [0, 0.1) is 5.92 Å². The van der Waals surface area contributed by atoms with Crippen LogP contribution < -0.4 is 0 Å². The SMILES string of the molecule is O=S(=O)(c1ccccc1)N1CCC(CN2CCCC2)CC1. The molecule has 0 amide bonds. The number of hydrogen-bond donors (Lipinski definition) is 0. The highest BCUT2D eigenvalue weighted by Gasteiger charge is 2.30. The summed E-state index contributed by atoms with van der Waals surface area (Å²) in [5.74, 6) is 0.658. The lowest BCUT2D eigenvalue weighted by Crippen LogP contribution is -2.41. The molecule has 2 aliphatic rings. The molecule has 2 aliphatic heterocycles. The van der Waals surface area contributed by atoms with Gasteiger partial charge in [-0.1, -0.05) is 18.2 Å². The van der Waals surface area contributed by atoms with E-state index in [2.05, 4.69) is 4.90 Å². The lowest BCUT2D eigenvalue weighted by Gasteiger charge is -2.33. The van der Waals surface area contributed by atoms with Crippen LogP contribution in [-0.4, -0.2) is 50.3 Å². The van der Waals surface area contributed by atoms with Crippen molar-refractivity contribution in [2.75, 3.05) is 32.7 Å². The van der Waals surface area contributed by atoms with Crippen molar-refractivity contribution in [3.8, 4) is 0 Å². The predicted molar refractivity (Wildman–Crippen MR) is 83.6 cm³/mol. The minimum atomic E-state index is -3.29. The fourth-order valence-electron chi connectivity index (χ4n) is 3.40. The Labute approximate surface area is 127 Å². The second-order valence-electron chi connectivity index (χ2n) is 6.17. The van der Waals surface area contributed by atoms with E-state index in [0.717, 1.165) is 19.4 Å². The maximum Gasteiger partial charge on any atom is 0.243 e. The van der Waals surface area contributed by atoms with Crippen molar-refractivity contribution in [1.29, 1.82) is 0 Å². The summed E-state index contributed by atoms with van der Waals surface area (Å²) >= 11 is 0. The van der Waals surface area contributed by atoms with E-state index in [4.69, 9.17) is 0 Å². The molecule has 5 heteroatoms. The molecule has 0 aliphatic carbocycles. The van der Waals surface area contributed by atoms with Crippen LogP contribution >= 0.6 is 0 Å². The van der Waals surface area contributed by atoms with Crippen LogP contribution in [0.15, 0.2) is 35.2 Å². The first kappa shape index (κ1) is 15.0. The van der Waals surface area contributed by atoms with Gasteiger partial charge in [0.25, 0.3) is 0 Å². The Balaban J connectivity index is 1.58. The van der Waals surface area contributed by atoms with Gasteiger partial charge in [0.1, 0.15) is 0 Å². The van der Waals surface area contributed by atoms with Crippen molar-refractivity contribution >= 4 is 10.0 Å². The highest BCUT2D eigenvalue weighted by atomic mass is 32.2. The van der Waals surface area contributed by atoms with Gasteiger partial charge in [-0.15, -0.1) is 0 Å². The summed E-state index contributed by atoms with van der Waals surface area (Å²) in [5.41, 5.74) is 0. The Bertz CT molecular complexity index is 545. The molecule has 0 atom stereocenters. The van der Waals surface area contributed by atoms with Gasteiger partial charge in [-0.05, 0) is 56.8 Å². The van der Waals surface area contributed by atoms with E-state index < -0.39 is 10.0 Å². The van der Waals surface area contributed by atoms with Gasteiger partial charge >= 0.3 is 0 Å². The Hall–Kier alpha value is -0.910. The molecule has 0 N–H and O–H groups in total. The molecular weight excluding hydrogens is 284 g/mol. The highest BCUT2D eigenvalue weighted by Crippen LogP contribution is 2.25. The molecule has 4 nitrogen and oxygen atoms in total. The summed E-state index contributed by atoms with van der Waals surface area (Å²) in [5, 5.41) is 0. The first-order valence-electron chi connectivity index (χ1n) is 7.94. The molecule has 0 saturated carbocycles. The molecule has 3 rings (SSSR count). The molecule has 116 valence electrons. The molecule has 1 aromatic carbocycles. The summed E-state index contributed by atoms with van der Waals surface area (Å²) in [6.07, 6.45) is 4.62. The van der Waals surface area contributed by atoms with Crippen LogP contribution in [0.4, 0.5) is 0 Å². The second kappa shape index (κ2) is 6.46. The molecule has 0 bridgehead atoms. The maximum atomic E-state index is 12.6. The second-order valence-corrected chi connectivity index (χ2v) is 8.11. The summed E-state index contributed by atoms with van der Waals surface area (Å²) in [6, 6.07) is 8.79. The van der Waals surface area contributed by atoms with E-state index in [1.165, 1.54) is 25.9 Å². The Morgan fingerprint density at radius 2 is 1.57 bits per heavy atom. The first-order valence-corrected chi connectivity index (χ1v) is 9.38. The van der Waals surface area contributed by atoms with Crippen LogP contribution in [-0.2, 0) is 10.0 Å². The largest absolute Gasteiger partial charge is 0.303 e. The van der Waals surface area contributed by atoms with E-state index in [0.29, 0.717) is 23.9 Å². The Kier molecular flexibility index (Phi) is 4.62. The Morgan fingerprint density at radius 1 is 0.952 bits per heavy atom. The van der Waals surface area contributed by atoms with Gasteiger partial charge in [0.2, 0.25) is 10.0 Å². The molecule has 0 radical (unpaired) electrons. The highest BCUT2D eigenvalue weighted by molar-refractivity contribution is 7.89. The fourth-order valence-corrected chi connectivity index (χ4v) is 4.89. The minimum absolute atomic E-state index is 0.419. The van der Waals surface area contributed by atoms with Crippen LogP contribution in [0.5, 0.6) is 0 Å². The number of likely N-dealkylation sites (tertiary alicyclic amines) is 1. The lowest BCUT2D eigenvalue weighted by molar-refractivity contribution is 0.206. The van der Waals surface area contributed by atoms with Crippen LogP contribution in [0.1, 0.15) is 25.7 Å². The monoisotopic (exact) mass is 308 g/mol. The average Bonchev–Trinajstić information content (AvgIpc) is 3.02. The summed E-state index contributed by atoms with van der Waals surface area (Å²) in [6.45, 7) is 4.93. The van der Waals surface area contributed by atoms with Gasteiger partial charge in [-0.25, -0.2) is 8.42 Å². The average molecular weight is 308 g/mol. The smallest absolute Gasteiger partial charge is 0.243 e. The number of nitrogens with zero attached hydrogens (tertiary/aromatic N) is 2. The van der Waals surface area contributed by atoms with Crippen molar-refractivity contribution < 1.29 is 8.42 Å². The van der Waals surface area contributed by atoms with Gasteiger partial charge in [0.15, 0.2) is 0 Å². The molecule has 2 heterocycles. The Morgan fingerprint density at radius 3 is 2.19 bits per heavy atom. The normalized spacial score (nSPS) is 22.7. The van der Waals surface area contributed by atoms with Crippen LogP contribution in [0.3, 0.4) is 0 Å². The van der Waals surface area contributed by atoms with Crippen molar-refractivity contribution in [3.05, 3.63) is 30.3 Å². The van der Waals surface area contributed by atoms with Gasteiger partial charge in [0.05, 0.1) is 4.90 Å². The number of benzene rings is 1. The van der Waals surface area contributed by atoms with Crippen molar-refractivity contribution in [2.24, 2.45) is 5.92 Å². The quantitative estimate of drug-likeness (QED) is 0.856. The van der Waals surface area contributed by atoms with Crippen molar-refractivity contribution in [1.82, 2.24) is 9.21 Å². The standard InChI is InChI=1S/C16H24N2O2S/c19-21(20,16-6-2-1-3-7-16)18-12-8-15(9-13-18)14-17-10-4-5-11-17/h1-3,6-7,15H,4-5,8-14H2. The van der Waals surface area contributed by atoms with E-state index >= 15 is 0 Å². The number of rotatable bonds is 4. The van der Waals surface area contributed by atoms with Crippen LogP contribution in [0.25, 0.3) is 0 Å². The molecule has 0 spiro atoms. The zero-order valence-electron chi connectivity index (χ0n) is 12.4.